The van der Waals surface area contributed by atoms with Gasteiger partial charge in [0.2, 0.25) is 5.91 Å². The molecule has 0 saturated heterocycles. The lowest BCUT2D eigenvalue weighted by Gasteiger charge is -2.24. The molecule has 0 aromatic heterocycles. The second-order valence-electron chi connectivity index (χ2n) is 5.61. The number of hydrogen-bond donors (Lipinski definition) is 3. The summed E-state index contributed by atoms with van der Waals surface area (Å²) >= 11 is 0. The van der Waals surface area contributed by atoms with Crippen LogP contribution >= 0.6 is 0 Å². The van der Waals surface area contributed by atoms with Gasteiger partial charge >= 0.3 is 0 Å². The van der Waals surface area contributed by atoms with Crippen LogP contribution in [0.5, 0.6) is 11.5 Å². The Hall–Kier alpha value is -1.75. The standard InChI is InChI=1S/C16H26N2O3/c1-10(2)8-14(16(20)17-4)18-11(3)13-7-6-12(21-5)9-15(13)19/h6-7,9-11,14,18-19H,8H2,1-5H3,(H,17,20). The average molecular weight is 294 g/mol. The Morgan fingerprint density at radius 3 is 2.48 bits per heavy atom. The van der Waals surface area contributed by atoms with Crippen LogP contribution in [-0.4, -0.2) is 31.2 Å². The molecule has 0 radical (unpaired) electrons. The Balaban J connectivity index is 2.85. The van der Waals surface area contributed by atoms with Crippen molar-refractivity contribution < 1.29 is 14.6 Å². The van der Waals surface area contributed by atoms with Gasteiger partial charge in [-0.25, -0.2) is 0 Å². The van der Waals surface area contributed by atoms with Gasteiger partial charge in [-0.3, -0.25) is 10.1 Å². The van der Waals surface area contributed by atoms with Crippen LogP contribution in [0.3, 0.4) is 0 Å². The fourth-order valence-corrected chi connectivity index (χ4v) is 2.30. The lowest BCUT2D eigenvalue weighted by molar-refractivity contribution is -0.123. The first-order valence-electron chi connectivity index (χ1n) is 7.23. The lowest BCUT2D eigenvalue weighted by Crippen LogP contribution is -2.44. The maximum atomic E-state index is 11.9. The van der Waals surface area contributed by atoms with Crippen LogP contribution in [0.15, 0.2) is 18.2 Å². The molecule has 0 saturated carbocycles. The Labute approximate surface area is 126 Å². The number of phenolic OH excluding ortho intramolecular Hbond substituents is 1. The number of phenols is 1. The van der Waals surface area contributed by atoms with Crippen LogP contribution in [0.2, 0.25) is 0 Å². The van der Waals surface area contributed by atoms with E-state index in [2.05, 4.69) is 24.5 Å². The van der Waals surface area contributed by atoms with Gasteiger partial charge in [0.1, 0.15) is 11.5 Å². The zero-order valence-corrected chi connectivity index (χ0v) is 13.4. The number of benzene rings is 1. The maximum absolute atomic E-state index is 11.9. The number of ether oxygens (including phenoxy) is 1. The third-order valence-corrected chi connectivity index (χ3v) is 3.43. The van der Waals surface area contributed by atoms with E-state index in [1.54, 1.807) is 26.3 Å². The van der Waals surface area contributed by atoms with Gasteiger partial charge in [0, 0.05) is 24.7 Å². The Morgan fingerprint density at radius 1 is 1.33 bits per heavy atom. The maximum Gasteiger partial charge on any atom is 0.236 e. The first-order chi connectivity index (χ1) is 9.88. The van der Waals surface area contributed by atoms with Crippen molar-refractivity contribution in [1.29, 1.82) is 0 Å². The van der Waals surface area contributed by atoms with E-state index in [0.29, 0.717) is 11.7 Å². The van der Waals surface area contributed by atoms with E-state index in [1.165, 1.54) is 0 Å². The molecule has 0 fully saturated rings. The average Bonchev–Trinajstić information content (AvgIpc) is 2.44. The van der Waals surface area contributed by atoms with E-state index < -0.39 is 0 Å². The smallest absolute Gasteiger partial charge is 0.236 e. The topological polar surface area (TPSA) is 70.6 Å². The first kappa shape index (κ1) is 17.3. The molecule has 0 spiro atoms. The molecule has 1 rings (SSSR count). The Morgan fingerprint density at radius 2 is 2.00 bits per heavy atom. The molecule has 118 valence electrons. The number of rotatable bonds is 7. The second-order valence-corrected chi connectivity index (χ2v) is 5.61. The fraction of sp³-hybridized carbons (Fsp3) is 0.562. The minimum atomic E-state index is -0.286. The molecule has 0 aliphatic carbocycles. The number of methoxy groups -OCH3 is 1. The number of carbonyl (C=O) groups is 1. The third-order valence-electron chi connectivity index (χ3n) is 3.43. The first-order valence-corrected chi connectivity index (χ1v) is 7.23. The van der Waals surface area contributed by atoms with E-state index >= 15 is 0 Å². The molecule has 0 heterocycles. The van der Waals surface area contributed by atoms with Crippen LogP contribution in [0.4, 0.5) is 0 Å². The summed E-state index contributed by atoms with van der Waals surface area (Å²) in [5.74, 6) is 1.13. The molecule has 0 aliphatic heterocycles. The Kier molecular flexibility index (Phi) is 6.49. The summed E-state index contributed by atoms with van der Waals surface area (Å²) in [5.41, 5.74) is 0.744. The molecule has 1 amide bonds. The third kappa shape index (κ3) is 4.93. The largest absolute Gasteiger partial charge is 0.507 e. The van der Waals surface area contributed by atoms with Crippen molar-refractivity contribution in [2.75, 3.05) is 14.2 Å². The van der Waals surface area contributed by atoms with Crippen LogP contribution in [0.25, 0.3) is 0 Å². The molecule has 0 aliphatic rings. The molecular weight excluding hydrogens is 268 g/mol. The molecule has 5 nitrogen and oxygen atoms in total. The predicted octanol–water partition coefficient (Wildman–Crippen LogP) is 2.21. The summed E-state index contributed by atoms with van der Waals surface area (Å²) in [6.07, 6.45) is 0.737. The summed E-state index contributed by atoms with van der Waals surface area (Å²) in [6, 6.07) is 4.75. The van der Waals surface area contributed by atoms with Crippen molar-refractivity contribution in [3.05, 3.63) is 23.8 Å². The van der Waals surface area contributed by atoms with E-state index in [1.807, 2.05) is 13.0 Å². The van der Waals surface area contributed by atoms with Crippen molar-refractivity contribution in [2.45, 2.75) is 39.3 Å². The van der Waals surface area contributed by atoms with Crippen molar-refractivity contribution in [3.63, 3.8) is 0 Å². The molecule has 2 atom stereocenters. The van der Waals surface area contributed by atoms with Crippen LogP contribution in [0.1, 0.15) is 38.8 Å². The summed E-state index contributed by atoms with van der Waals surface area (Å²) in [7, 11) is 3.19. The molecular formula is C16H26N2O3. The van der Waals surface area contributed by atoms with Crippen molar-refractivity contribution in [1.82, 2.24) is 10.6 Å². The molecule has 21 heavy (non-hydrogen) atoms. The van der Waals surface area contributed by atoms with Gasteiger partial charge in [-0.05, 0) is 25.3 Å². The zero-order chi connectivity index (χ0) is 16.0. The van der Waals surface area contributed by atoms with Gasteiger partial charge in [-0.2, -0.15) is 0 Å². The highest BCUT2D eigenvalue weighted by Crippen LogP contribution is 2.28. The number of amides is 1. The van der Waals surface area contributed by atoms with Gasteiger partial charge in [-0.15, -0.1) is 0 Å². The molecule has 5 heteroatoms. The van der Waals surface area contributed by atoms with Crippen LogP contribution < -0.4 is 15.4 Å². The van der Waals surface area contributed by atoms with Gasteiger partial charge in [0.15, 0.2) is 0 Å². The second kappa shape index (κ2) is 7.88. The molecule has 0 bridgehead atoms. The lowest BCUT2D eigenvalue weighted by atomic mass is 10.00. The molecule has 3 N–H and O–H groups in total. The minimum Gasteiger partial charge on any atom is -0.507 e. The van der Waals surface area contributed by atoms with E-state index in [-0.39, 0.29) is 23.7 Å². The summed E-state index contributed by atoms with van der Waals surface area (Å²) in [5, 5.41) is 16.0. The van der Waals surface area contributed by atoms with Crippen LogP contribution in [-0.2, 0) is 4.79 Å². The summed E-state index contributed by atoms with van der Waals surface area (Å²) in [4.78, 5) is 11.9. The fourth-order valence-electron chi connectivity index (χ4n) is 2.30. The molecule has 2 unspecified atom stereocenters. The van der Waals surface area contributed by atoms with E-state index in [9.17, 15) is 9.90 Å². The number of hydrogen-bond acceptors (Lipinski definition) is 4. The molecule has 1 aromatic carbocycles. The quantitative estimate of drug-likeness (QED) is 0.721. The van der Waals surface area contributed by atoms with Gasteiger partial charge in [-0.1, -0.05) is 19.9 Å². The highest BCUT2D eigenvalue weighted by atomic mass is 16.5. The number of likely N-dealkylation sites (N-methyl/N-ethyl adjacent to an activating group) is 1. The van der Waals surface area contributed by atoms with Gasteiger partial charge in [0.05, 0.1) is 13.2 Å². The van der Waals surface area contributed by atoms with Crippen molar-refractivity contribution >= 4 is 5.91 Å². The minimum absolute atomic E-state index is 0.0384. The van der Waals surface area contributed by atoms with E-state index in [4.69, 9.17) is 4.74 Å². The van der Waals surface area contributed by atoms with Gasteiger partial charge in [0.25, 0.3) is 0 Å². The number of aromatic hydroxyl groups is 1. The summed E-state index contributed by atoms with van der Waals surface area (Å²) < 4.78 is 5.07. The normalized spacial score (nSPS) is 13.8. The highest BCUT2D eigenvalue weighted by Gasteiger charge is 2.22. The Bertz CT molecular complexity index is 475. The number of nitrogens with one attached hydrogen (secondary N) is 2. The summed E-state index contributed by atoms with van der Waals surface area (Å²) in [6.45, 7) is 6.08. The number of carbonyl (C=O) groups excluding carboxylic acids is 1. The monoisotopic (exact) mass is 294 g/mol. The van der Waals surface area contributed by atoms with Crippen LogP contribution in [0, 0.1) is 5.92 Å². The van der Waals surface area contributed by atoms with Crippen molar-refractivity contribution in [2.24, 2.45) is 5.92 Å². The molecule has 1 aromatic rings. The van der Waals surface area contributed by atoms with Crippen molar-refractivity contribution in [3.8, 4) is 11.5 Å². The predicted molar refractivity (Wildman–Crippen MR) is 83.5 cm³/mol. The zero-order valence-electron chi connectivity index (χ0n) is 13.4. The SMILES string of the molecule is CNC(=O)C(CC(C)C)NC(C)c1ccc(OC)cc1O. The van der Waals surface area contributed by atoms with Gasteiger partial charge < -0.3 is 15.2 Å². The van der Waals surface area contributed by atoms with E-state index in [0.717, 1.165) is 12.0 Å². The highest BCUT2D eigenvalue weighted by molar-refractivity contribution is 5.81.